The van der Waals surface area contributed by atoms with Gasteiger partial charge in [0.15, 0.2) is 9.04 Å². The van der Waals surface area contributed by atoms with Crippen LogP contribution in [0, 0.1) is 0 Å². The van der Waals surface area contributed by atoms with Crippen molar-refractivity contribution in [3.8, 4) is 0 Å². The fraction of sp³-hybridized carbons (Fsp3) is 1.00. The largest absolute Gasteiger partial charge is 0.437 e. The van der Waals surface area contributed by atoms with Crippen molar-refractivity contribution in [2.24, 2.45) is 0 Å². The second-order valence-electron chi connectivity index (χ2n) is 3.29. The van der Waals surface area contributed by atoms with Crippen molar-refractivity contribution < 1.29 is 16.5 Å². The van der Waals surface area contributed by atoms with Gasteiger partial charge in [-0.15, -0.1) is 0 Å². The molecule has 7 radical (unpaired) electrons. The third-order valence-corrected chi connectivity index (χ3v) is 9.60. The highest BCUT2D eigenvalue weighted by atomic mass is 28.5. The van der Waals surface area contributed by atoms with Gasteiger partial charge in [-0.05, 0) is 32.7 Å². The van der Waals surface area contributed by atoms with Crippen LogP contribution >= 0.6 is 0 Å². The van der Waals surface area contributed by atoms with E-state index in [0.717, 1.165) is 0 Å². The van der Waals surface area contributed by atoms with Crippen LogP contribution in [0.1, 0.15) is 0 Å². The zero-order valence-electron chi connectivity index (χ0n) is 9.13. The Hall–Kier alpha value is 0.924. The summed E-state index contributed by atoms with van der Waals surface area (Å²) in [6.45, 7) is 10.2. The van der Waals surface area contributed by atoms with E-state index in [2.05, 4.69) is 27.7 Å². The maximum Gasteiger partial charge on any atom is 0.411 e. The molecule has 0 aromatic rings. The normalized spacial score (nSPS) is 12.9. The molecule has 0 atom stereocenters. The van der Waals surface area contributed by atoms with Gasteiger partial charge in [0.1, 0.15) is 0 Å². The van der Waals surface area contributed by atoms with Crippen LogP contribution in [0.5, 0.6) is 0 Å². The van der Waals surface area contributed by atoms with Crippen molar-refractivity contribution in [2.45, 2.75) is 32.7 Å². The molecule has 0 aliphatic carbocycles. The first-order valence-corrected chi connectivity index (χ1v) is 12.4. The predicted molar refractivity (Wildman–Crippen MR) is 62.4 cm³/mol. The standard InChI is InChI=1S/C5H15O4Si5/c1-12(2)8-14(4,5)9-13(3)7-11-6-10/h1-5H3. The minimum atomic E-state index is -1.98. The monoisotopic (exact) mass is 279 g/mol. The molecule has 0 aromatic heterocycles. The maximum atomic E-state index is 5.80. The van der Waals surface area contributed by atoms with Gasteiger partial charge in [0, 0.05) is 0 Å². The number of hydrogen-bond acceptors (Lipinski definition) is 4. The molecule has 0 rings (SSSR count). The van der Waals surface area contributed by atoms with E-state index in [9.17, 15) is 0 Å². The molecule has 4 nitrogen and oxygen atoms in total. The summed E-state index contributed by atoms with van der Waals surface area (Å²) in [6.07, 6.45) is 0. The molecule has 0 amide bonds. The Balaban J connectivity index is 3.82. The first kappa shape index (κ1) is 14.9. The van der Waals surface area contributed by atoms with Crippen molar-refractivity contribution in [2.75, 3.05) is 0 Å². The molecule has 9 heteroatoms. The van der Waals surface area contributed by atoms with E-state index in [1.165, 1.54) is 0 Å². The Morgan fingerprint density at radius 2 is 1.71 bits per heavy atom. The summed E-state index contributed by atoms with van der Waals surface area (Å²) >= 11 is 0. The Morgan fingerprint density at radius 1 is 1.14 bits per heavy atom. The Labute approximate surface area is 96.7 Å². The van der Waals surface area contributed by atoms with Crippen molar-refractivity contribution in [1.29, 1.82) is 0 Å². The quantitative estimate of drug-likeness (QED) is 0.644. The highest BCUT2D eigenvalue weighted by molar-refractivity contribution is 6.77. The van der Waals surface area contributed by atoms with Crippen LogP contribution in [0.3, 0.4) is 0 Å². The predicted octanol–water partition coefficient (Wildman–Crippen LogP) is 0.741. The average molecular weight is 280 g/mol. The van der Waals surface area contributed by atoms with Crippen LogP contribution in [0.2, 0.25) is 32.7 Å². The minimum absolute atomic E-state index is 0.0142. The van der Waals surface area contributed by atoms with Gasteiger partial charge in [0.05, 0.1) is 0 Å². The lowest BCUT2D eigenvalue weighted by Crippen LogP contribution is -2.44. The van der Waals surface area contributed by atoms with Crippen LogP contribution in [-0.2, 0) is 16.5 Å². The Morgan fingerprint density at radius 3 is 2.14 bits per heavy atom. The summed E-state index contributed by atoms with van der Waals surface area (Å²) in [5.74, 6) is 0. The van der Waals surface area contributed by atoms with Gasteiger partial charge >= 0.3 is 27.9 Å². The summed E-state index contributed by atoms with van der Waals surface area (Å²) in [7, 11) is -1.06. The third kappa shape index (κ3) is 8.25. The number of rotatable bonds is 7. The minimum Gasteiger partial charge on any atom is -0.437 e. The second-order valence-corrected chi connectivity index (χ2v) is 12.3. The molecule has 0 bridgehead atoms. The molecule has 0 unspecified atom stereocenters. The first-order chi connectivity index (χ1) is 6.37. The Kier molecular flexibility index (Phi) is 7.72. The van der Waals surface area contributed by atoms with E-state index in [1.54, 1.807) is 0 Å². The molecule has 0 saturated carbocycles. The van der Waals surface area contributed by atoms with E-state index >= 15 is 0 Å². The summed E-state index contributed by atoms with van der Waals surface area (Å²) in [5, 5.41) is 0. The lowest BCUT2D eigenvalue weighted by Gasteiger charge is -2.27. The first-order valence-electron chi connectivity index (χ1n) is 4.13. The molecular formula is C5H15O4Si5. The van der Waals surface area contributed by atoms with Gasteiger partial charge in [-0.3, -0.25) is 0 Å². The maximum absolute atomic E-state index is 5.80. The molecule has 0 aliphatic rings. The van der Waals surface area contributed by atoms with E-state index in [-0.39, 0.29) is 10.0 Å². The third-order valence-electron chi connectivity index (χ3n) is 1.07. The zero-order chi connectivity index (χ0) is 11.2. The Bertz CT molecular complexity index is 155. The second kappa shape index (κ2) is 7.24. The molecule has 0 aromatic carbocycles. The van der Waals surface area contributed by atoms with Crippen molar-refractivity contribution in [3.05, 3.63) is 0 Å². The van der Waals surface area contributed by atoms with Gasteiger partial charge in [-0.25, -0.2) is 0 Å². The summed E-state index contributed by atoms with van der Waals surface area (Å²) < 4.78 is 21.5. The van der Waals surface area contributed by atoms with Crippen molar-refractivity contribution >= 4 is 47.4 Å². The van der Waals surface area contributed by atoms with Gasteiger partial charge in [0.2, 0.25) is 10.5 Å². The molecule has 79 valence electrons. The molecule has 0 spiro atoms. The summed E-state index contributed by atoms with van der Waals surface area (Å²) in [6, 6.07) is 0. The average Bonchev–Trinajstić information content (AvgIpc) is 1.96. The topological polar surface area (TPSA) is 36.9 Å². The van der Waals surface area contributed by atoms with Gasteiger partial charge in [0.25, 0.3) is 0 Å². The van der Waals surface area contributed by atoms with Crippen LogP contribution in [-0.4, -0.2) is 47.4 Å². The van der Waals surface area contributed by atoms with Crippen LogP contribution in [0.15, 0.2) is 0 Å². The van der Waals surface area contributed by atoms with Gasteiger partial charge < -0.3 is 16.5 Å². The van der Waals surface area contributed by atoms with Gasteiger partial charge in [-0.1, -0.05) is 0 Å². The summed E-state index contributed by atoms with van der Waals surface area (Å²) in [5.41, 5.74) is 0. The molecule has 14 heavy (non-hydrogen) atoms. The van der Waals surface area contributed by atoms with E-state index in [0.29, 0.717) is 0 Å². The molecule has 0 saturated heterocycles. The highest BCUT2D eigenvalue weighted by Crippen LogP contribution is 2.10. The van der Waals surface area contributed by atoms with Crippen LogP contribution in [0.25, 0.3) is 0 Å². The fourth-order valence-electron chi connectivity index (χ4n) is 0.959. The van der Waals surface area contributed by atoms with Crippen molar-refractivity contribution in [3.63, 3.8) is 0 Å². The van der Waals surface area contributed by atoms with E-state index in [1.807, 2.05) is 19.6 Å². The SMILES string of the molecule is C[Si](C)O[Si](C)(C)O[Si](C)O[Si]O[Si]. The summed E-state index contributed by atoms with van der Waals surface area (Å²) in [4.78, 5) is 0. The van der Waals surface area contributed by atoms with Crippen molar-refractivity contribution in [1.82, 2.24) is 0 Å². The fourth-order valence-corrected chi connectivity index (χ4v) is 9.76. The van der Waals surface area contributed by atoms with Gasteiger partial charge in [-0.2, -0.15) is 0 Å². The molecule has 0 fully saturated rings. The molecular weight excluding hydrogens is 264 g/mol. The number of hydrogen-bond donors (Lipinski definition) is 0. The van der Waals surface area contributed by atoms with Crippen LogP contribution in [0.4, 0.5) is 0 Å². The molecule has 0 heterocycles. The lowest BCUT2D eigenvalue weighted by molar-refractivity contribution is 0.350. The van der Waals surface area contributed by atoms with E-state index < -0.39 is 26.9 Å². The smallest absolute Gasteiger partial charge is 0.411 e. The zero-order valence-corrected chi connectivity index (χ0v) is 14.1. The van der Waals surface area contributed by atoms with Crippen LogP contribution < -0.4 is 0 Å². The molecule has 0 N–H and O–H groups in total. The molecule has 0 aliphatic heterocycles. The lowest BCUT2D eigenvalue weighted by atomic mass is 11.9. The highest BCUT2D eigenvalue weighted by Gasteiger charge is 2.29. The van der Waals surface area contributed by atoms with E-state index in [4.69, 9.17) is 12.3 Å².